The summed E-state index contributed by atoms with van der Waals surface area (Å²) in [7, 11) is 0. The van der Waals surface area contributed by atoms with E-state index in [-0.39, 0.29) is 17.1 Å². The minimum atomic E-state index is -0.313. The van der Waals surface area contributed by atoms with Crippen LogP contribution in [0.4, 0.5) is 5.13 Å². The number of anilines is 1. The van der Waals surface area contributed by atoms with Gasteiger partial charge in [-0.3, -0.25) is 14.9 Å². The minimum Gasteiger partial charge on any atom is -0.465 e. The number of esters is 1. The number of ether oxygens (including phenoxy) is 1. The first-order chi connectivity index (χ1) is 12.0. The highest BCUT2D eigenvalue weighted by Crippen LogP contribution is 2.31. The van der Waals surface area contributed by atoms with Crippen LogP contribution in [0.3, 0.4) is 0 Å². The Kier molecular flexibility index (Phi) is 7.86. The molecule has 1 atom stereocenters. The van der Waals surface area contributed by atoms with Gasteiger partial charge in [0.15, 0.2) is 4.34 Å². The first kappa shape index (κ1) is 19.9. The van der Waals surface area contributed by atoms with Crippen LogP contribution in [0.1, 0.15) is 37.0 Å². The molecule has 0 aliphatic rings. The molecule has 134 valence electrons. The van der Waals surface area contributed by atoms with Gasteiger partial charge in [-0.25, -0.2) is 0 Å². The highest BCUT2D eigenvalue weighted by Gasteiger charge is 2.22. The zero-order chi connectivity index (χ0) is 18.2. The average molecular weight is 444 g/mol. The third-order valence-electron chi connectivity index (χ3n) is 3.06. The third-order valence-corrected chi connectivity index (χ3v) is 5.72. The van der Waals surface area contributed by atoms with E-state index in [1.54, 1.807) is 25.1 Å². The molecule has 2 aromatic rings. The van der Waals surface area contributed by atoms with E-state index in [2.05, 4.69) is 31.4 Å². The summed E-state index contributed by atoms with van der Waals surface area (Å²) < 4.78 is 6.54. The Morgan fingerprint density at radius 1 is 1.36 bits per heavy atom. The predicted molar refractivity (Wildman–Crippen MR) is 103 cm³/mol. The average Bonchev–Trinajstić information content (AvgIpc) is 3.01. The molecule has 0 saturated carbocycles. The van der Waals surface area contributed by atoms with Crippen molar-refractivity contribution >= 4 is 56.0 Å². The molecule has 0 radical (unpaired) electrons. The molecule has 25 heavy (non-hydrogen) atoms. The molecule has 0 aliphatic carbocycles. The molecule has 0 saturated heterocycles. The van der Waals surface area contributed by atoms with E-state index in [4.69, 9.17) is 4.74 Å². The smallest absolute Gasteiger partial charge is 0.319 e. The second kappa shape index (κ2) is 9.88. The van der Waals surface area contributed by atoms with Gasteiger partial charge in [0.1, 0.15) is 5.25 Å². The fraction of sp³-hybridized carbons (Fsp3) is 0.375. The summed E-state index contributed by atoms with van der Waals surface area (Å²) in [5.74, 6) is -0.506. The Morgan fingerprint density at radius 3 is 2.84 bits per heavy atom. The van der Waals surface area contributed by atoms with Crippen molar-refractivity contribution in [2.75, 3.05) is 11.9 Å². The number of aromatic nitrogens is 2. The lowest BCUT2D eigenvalue weighted by molar-refractivity contribution is -0.142. The van der Waals surface area contributed by atoms with Gasteiger partial charge >= 0.3 is 5.97 Å². The molecule has 6 nitrogen and oxygen atoms in total. The molecule has 2 rings (SSSR count). The molecule has 1 amide bonds. The largest absolute Gasteiger partial charge is 0.465 e. The summed E-state index contributed by atoms with van der Waals surface area (Å²) in [6.45, 7) is 4.15. The lowest BCUT2D eigenvalue weighted by Gasteiger charge is -2.11. The topological polar surface area (TPSA) is 81.2 Å². The van der Waals surface area contributed by atoms with Crippen molar-refractivity contribution in [2.45, 2.75) is 36.3 Å². The van der Waals surface area contributed by atoms with Crippen LogP contribution in [0.15, 0.2) is 33.1 Å². The summed E-state index contributed by atoms with van der Waals surface area (Å²) in [6.07, 6.45) is 1.56. The van der Waals surface area contributed by atoms with Crippen LogP contribution in [0.25, 0.3) is 0 Å². The molecule has 1 aromatic heterocycles. The fourth-order valence-corrected chi connectivity index (χ4v) is 4.45. The van der Waals surface area contributed by atoms with E-state index in [0.29, 0.717) is 28.1 Å². The van der Waals surface area contributed by atoms with Crippen molar-refractivity contribution in [1.29, 1.82) is 0 Å². The van der Waals surface area contributed by atoms with Crippen molar-refractivity contribution < 1.29 is 14.3 Å². The molecule has 1 N–H and O–H groups in total. The van der Waals surface area contributed by atoms with Crippen LogP contribution >= 0.6 is 39.0 Å². The lowest BCUT2D eigenvalue weighted by Crippen LogP contribution is -2.20. The lowest BCUT2D eigenvalue weighted by atomic mass is 10.2. The number of amides is 1. The highest BCUT2D eigenvalue weighted by atomic mass is 79.9. The number of nitrogens with one attached hydrogen (secondary N) is 1. The molecule has 1 heterocycles. The number of nitrogens with zero attached hydrogens (tertiary/aromatic N) is 2. The number of carbonyl (C=O) groups is 2. The Hall–Kier alpha value is -1.45. The summed E-state index contributed by atoms with van der Waals surface area (Å²) in [4.78, 5) is 24.2. The van der Waals surface area contributed by atoms with E-state index >= 15 is 0 Å². The van der Waals surface area contributed by atoms with E-state index in [1.165, 1.54) is 23.1 Å². The van der Waals surface area contributed by atoms with Crippen LogP contribution in [-0.2, 0) is 9.53 Å². The molecular formula is C16H18BrN3O3S2. The predicted octanol–water partition coefficient (Wildman–Crippen LogP) is 4.38. The standard InChI is InChI=1S/C16H18BrN3O3S2/c1-3-6-12(14(22)23-4-2)24-16-20-19-15(25-16)18-13(21)10-7-5-8-11(17)9-10/h5,7-9,12H,3-4,6H2,1-2H3,(H,18,19,21)/t12-/m0/s1. The zero-order valence-electron chi connectivity index (χ0n) is 13.8. The van der Waals surface area contributed by atoms with Gasteiger partial charge in [-0.15, -0.1) is 10.2 Å². The van der Waals surface area contributed by atoms with Crippen molar-refractivity contribution in [3.63, 3.8) is 0 Å². The minimum absolute atomic E-state index is 0.246. The van der Waals surface area contributed by atoms with Crippen molar-refractivity contribution in [2.24, 2.45) is 0 Å². The fourth-order valence-electron chi connectivity index (χ4n) is 1.95. The van der Waals surface area contributed by atoms with Crippen LogP contribution in [0.2, 0.25) is 0 Å². The maximum absolute atomic E-state index is 12.2. The van der Waals surface area contributed by atoms with E-state index in [1.807, 2.05) is 13.0 Å². The normalized spacial score (nSPS) is 11.8. The van der Waals surface area contributed by atoms with Crippen LogP contribution in [-0.4, -0.2) is 33.9 Å². The number of halogens is 1. The number of carbonyl (C=O) groups excluding carboxylic acids is 2. The number of thioether (sulfide) groups is 1. The number of rotatable bonds is 8. The summed E-state index contributed by atoms with van der Waals surface area (Å²) in [5.41, 5.74) is 0.522. The van der Waals surface area contributed by atoms with Gasteiger partial charge in [-0.2, -0.15) is 0 Å². The van der Waals surface area contributed by atoms with Gasteiger partial charge in [0.25, 0.3) is 5.91 Å². The van der Waals surface area contributed by atoms with Gasteiger partial charge in [0.05, 0.1) is 6.61 Å². The molecule has 0 spiro atoms. The van der Waals surface area contributed by atoms with Crippen molar-refractivity contribution in [1.82, 2.24) is 10.2 Å². The van der Waals surface area contributed by atoms with Gasteiger partial charge in [-0.1, -0.05) is 58.4 Å². The number of hydrogen-bond donors (Lipinski definition) is 1. The quantitative estimate of drug-likeness (QED) is 0.370. The highest BCUT2D eigenvalue weighted by molar-refractivity contribution is 9.10. The Balaban J connectivity index is 2.01. The van der Waals surface area contributed by atoms with Crippen molar-refractivity contribution in [3.8, 4) is 0 Å². The molecule has 0 unspecified atom stereocenters. The zero-order valence-corrected chi connectivity index (χ0v) is 17.0. The molecule has 0 aliphatic heterocycles. The second-order valence-corrected chi connectivity index (χ2v) is 8.33. The summed E-state index contributed by atoms with van der Waals surface area (Å²) in [6, 6.07) is 7.08. The van der Waals surface area contributed by atoms with E-state index in [0.717, 1.165) is 10.9 Å². The maximum atomic E-state index is 12.2. The summed E-state index contributed by atoms with van der Waals surface area (Å²) in [5, 5.41) is 10.8. The Labute approximate surface area is 162 Å². The molecular weight excluding hydrogens is 426 g/mol. The van der Waals surface area contributed by atoms with Crippen LogP contribution in [0.5, 0.6) is 0 Å². The second-order valence-electron chi connectivity index (χ2n) is 4.98. The molecule has 0 fully saturated rings. The molecule has 9 heteroatoms. The first-order valence-corrected chi connectivity index (χ1v) is 10.3. The first-order valence-electron chi connectivity index (χ1n) is 7.77. The SMILES string of the molecule is CCC[C@H](Sc1nnc(NC(=O)c2cccc(Br)c2)s1)C(=O)OCC. The van der Waals surface area contributed by atoms with Gasteiger partial charge < -0.3 is 4.74 Å². The van der Waals surface area contributed by atoms with Crippen molar-refractivity contribution in [3.05, 3.63) is 34.3 Å². The summed E-state index contributed by atoms with van der Waals surface area (Å²) >= 11 is 5.89. The maximum Gasteiger partial charge on any atom is 0.319 e. The van der Waals surface area contributed by atoms with Gasteiger partial charge in [-0.05, 0) is 31.5 Å². The third kappa shape index (κ3) is 6.09. The van der Waals surface area contributed by atoms with Crippen LogP contribution < -0.4 is 5.32 Å². The van der Waals surface area contributed by atoms with E-state index < -0.39 is 0 Å². The van der Waals surface area contributed by atoms with Gasteiger partial charge in [0, 0.05) is 10.0 Å². The Morgan fingerprint density at radius 2 is 2.16 bits per heavy atom. The molecule has 1 aromatic carbocycles. The monoisotopic (exact) mass is 443 g/mol. The number of benzene rings is 1. The Bertz CT molecular complexity index is 739. The van der Waals surface area contributed by atoms with Crippen LogP contribution in [0, 0.1) is 0 Å². The van der Waals surface area contributed by atoms with E-state index in [9.17, 15) is 9.59 Å². The molecule has 0 bridgehead atoms. The number of hydrogen-bond acceptors (Lipinski definition) is 7. The van der Waals surface area contributed by atoms with Gasteiger partial charge in [0.2, 0.25) is 5.13 Å².